The largest absolute Gasteiger partial charge is 0.501 e. The molecule has 5 nitrogen and oxygen atoms in total. The lowest BCUT2D eigenvalue weighted by Gasteiger charge is -2.14. The molecule has 14 heavy (non-hydrogen) atoms. The fourth-order valence-corrected chi connectivity index (χ4v) is 1.27. The van der Waals surface area contributed by atoms with E-state index in [1.165, 1.54) is 7.11 Å². The van der Waals surface area contributed by atoms with Gasteiger partial charge in [0.15, 0.2) is 0 Å². The van der Waals surface area contributed by atoms with Crippen LogP contribution in [0.5, 0.6) is 0 Å². The Kier molecular flexibility index (Phi) is 2.91. The van der Waals surface area contributed by atoms with Gasteiger partial charge in [-0.05, 0) is 6.08 Å². The molecule has 5 heteroatoms. The molecule has 0 saturated heterocycles. The second-order valence-corrected chi connectivity index (χ2v) is 2.82. The zero-order valence-corrected chi connectivity index (χ0v) is 7.61. The van der Waals surface area contributed by atoms with Crippen LogP contribution in [0.25, 0.3) is 0 Å². The summed E-state index contributed by atoms with van der Waals surface area (Å²) in [5.41, 5.74) is -0.171. The molecule has 0 radical (unpaired) electrons. The van der Waals surface area contributed by atoms with Crippen molar-refractivity contribution in [3.8, 4) is 0 Å². The van der Waals surface area contributed by atoms with Crippen LogP contribution in [-0.4, -0.2) is 29.3 Å². The Bertz CT molecular complexity index is 337. The van der Waals surface area contributed by atoms with E-state index < -0.39 is 11.9 Å². The van der Waals surface area contributed by atoms with Crippen LogP contribution in [0, 0.1) is 0 Å². The summed E-state index contributed by atoms with van der Waals surface area (Å²) in [5.74, 6) is -1.90. The monoisotopic (exact) mass is 198 g/mol. The van der Waals surface area contributed by atoms with E-state index in [0.717, 1.165) is 0 Å². The third-order valence-corrected chi connectivity index (χ3v) is 2.03. The maximum absolute atomic E-state index is 10.7. The first-order valence-corrected chi connectivity index (χ1v) is 3.98. The summed E-state index contributed by atoms with van der Waals surface area (Å²) < 4.78 is 4.87. The number of methoxy groups -OCH3 is 1. The zero-order chi connectivity index (χ0) is 10.7. The Morgan fingerprint density at radius 2 is 1.86 bits per heavy atom. The number of allylic oxidation sites excluding steroid dienone is 2. The van der Waals surface area contributed by atoms with Gasteiger partial charge in [0.05, 0.1) is 24.0 Å². The quantitative estimate of drug-likeness (QED) is 0.699. The second-order valence-electron chi connectivity index (χ2n) is 2.82. The number of hydrogen-bond acceptors (Lipinski definition) is 3. The minimum Gasteiger partial charge on any atom is -0.501 e. The van der Waals surface area contributed by atoms with Gasteiger partial charge < -0.3 is 14.9 Å². The van der Waals surface area contributed by atoms with Crippen molar-refractivity contribution in [3.63, 3.8) is 0 Å². The molecule has 76 valence electrons. The Morgan fingerprint density at radius 3 is 2.29 bits per heavy atom. The Balaban J connectivity index is 2.99. The van der Waals surface area contributed by atoms with Crippen LogP contribution in [0.2, 0.25) is 0 Å². The number of carbonyl (C=O) groups is 2. The van der Waals surface area contributed by atoms with Gasteiger partial charge >= 0.3 is 11.9 Å². The first kappa shape index (κ1) is 10.3. The van der Waals surface area contributed by atoms with E-state index in [2.05, 4.69) is 0 Å². The first-order chi connectivity index (χ1) is 6.56. The van der Waals surface area contributed by atoms with Crippen LogP contribution >= 0.6 is 0 Å². The molecule has 0 bridgehead atoms. The topological polar surface area (TPSA) is 83.8 Å². The van der Waals surface area contributed by atoms with Crippen LogP contribution in [0.15, 0.2) is 23.0 Å². The first-order valence-electron chi connectivity index (χ1n) is 3.98. The Morgan fingerprint density at radius 1 is 1.29 bits per heavy atom. The molecule has 0 heterocycles. The molecule has 0 amide bonds. The predicted molar refractivity (Wildman–Crippen MR) is 46.6 cm³/mol. The summed E-state index contributed by atoms with van der Waals surface area (Å²) >= 11 is 0. The van der Waals surface area contributed by atoms with Crippen molar-refractivity contribution >= 4 is 11.9 Å². The average Bonchev–Trinajstić information content (AvgIpc) is 2.16. The van der Waals surface area contributed by atoms with E-state index in [-0.39, 0.29) is 24.0 Å². The number of carboxylic acids is 2. The molecule has 0 aromatic heterocycles. The lowest BCUT2D eigenvalue weighted by Crippen LogP contribution is -2.15. The molecular formula is C9H10O5. The lowest BCUT2D eigenvalue weighted by molar-refractivity contribution is -0.136. The fourth-order valence-electron chi connectivity index (χ4n) is 1.27. The van der Waals surface area contributed by atoms with Crippen molar-refractivity contribution in [1.82, 2.24) is 0 Å². The van der Waals surface area contributed by atoms with Crippen molar-refractivity contribution in [2.24, 2.45) is 0 Å². The summed E-state index contributed by atoms with van der Waals surface area (Å²) in [7, 11) is 1.43. The van der Waals surface area contributed by atoms with Gasteiger partial charge in [-0.3, -0.25) is 0 Å². The number of hydrogen-bond donors (Lipinski definition) is 2. The molecule has 2 N–H and O–H groups in total. The molecule has 0 aromatic carbocycles. The average molecular weight is 198 g/mol. The molecule has 0 fully saturated rings. The Labute approximate surface area is 80.3 Å². The van der Waals surface area contributed by atoms with Crippen LogP contribution in [-0.2, 0) is 14.3 Å². The summed E-state index contributed by atoms with van der Waals surface area (Å²) in [6.07, 6.45) is 1.71. The molecule has 0 atom stereocenters. The summed E-state index contributed by atoms with van der Waals surface area (Å²) in [5, 5.41) is 17.5. The SMILES string of the molecule is COC1=CCC(C(=O)O)=C(C(=O)O)C1. The minimum absolute atomic E-state index is 0.0352. The molecule has 0 saturated carbocycles. The highest BCUT2D eigenvalue weighted by atomic mass is 16.5. The predicted octanol–water partition coefficient (Wildman–Crippen LogP) is 0.776. The van der Waals surface area contributed by atoms with Crippen LogP contribution in [0.1, 0.15) is 12.8 Å². The normalized spacial score (nSPS) is 16.2. The van der Waals surface area contributed by atoms with Crippen molar-refractivity contribution in [1.29, 1.82) is 0 Å². The maximum Gasteiger partial charge on any atom is 0.332 e. The highest BCUT2D eigenvalue weighted by Gasteiger charge is 2.24. The van der Waals surface area contributed by atoms with Gasteiger partial charge in [0.25, 0.3) is 0 Å². The summed E-state index contributed by atoms with van der Waals surface area (Å²) in [6, 6.07) is 0. The molecule has 1 rings (SSSR count). The summed E-state index contributed by atoms with van der Waals surface area (Å²) in [4.78, 5) is 21.4. The van der Waals surface area contributed by atoms with E-state index in [0.29, 0.717) is 5.76 Å². The molecule has 1 aliphatic rings. The van der Waals surface area contributed by atoms with Crippen molar-refractivity contribution in [3.05, 3.63) is 23.0 Å². The molecular weight excluding hydrogens is 188 g/mol. The van der Waals surface area contributed by atoms with Crippen LogP contribution < -0.4 is 0 Å². The van der Waals surface area contributed by atoms with Gasteiger partial charge in [-0.15, -0.1) is 0 Å². The molecule has 0 aromatic rings. The van der Waals surface area contributed by atoms with Crippen LogP contribution in [0.3, 0.4) is 0 Å². The highest BCUT2D eigenvalue weighted by molar-refractivity contribution is 5.99. The van der Waals surface area contributed by atoms with E-state index >= 15 is 0 Å². The van der Waals surface area contributed by atoms with Gasteiger partial charge in [0.2, 0.25) is 0 Å². The highest BCUT2D eigenvalue weighted by Crippen LogP contribution is 2.25. The third-order valence-electron chi connectivity index (χ3n) is 2.03. The fraction of sp³-hybridized carbons (Fsp3) is 0.333. The molecule has 0 unspecified atom stereocenters. The van der Waals surface area contributed by atoms with Crippen molar-refractivity contribution in [2.75, 3.05) is 7.11 Å². The second kappa shape index (κ2) is 3.95. The maximum atomic E-state index is 10.7. The van der Waals surface area contributed by atoms with E-state index in [9.17, 15) is 9.59 Å². The standard InChI is InChI=1S/C9H10O5/c1-14-5-2-3-6(8(10)11)7(4-5)9(12)13/h2H,3-4H2,1H3,(H,10,11)(H,12,13). The molecule has 0 aliphatic heterocycles. The molecule has 1 aliphatic carbocycles. The molecule has 0 spiro atoms. The number of aliphatic carboxylic acids is 2. The van der Waals surface area contributed by atoms with Gasteiger partial charge in [0, 0.05) is 12.8 Å². The lowest BCUT2D eigenvalue weighted by atomic mass is 9.96. The van der Waals surface area contributed by atoms with Gasteiger partial charge in [-0.2, -0.15) is 0 Å². The van der Waals surface area contributed by atoms with Crippen molar-refractivity contribution < 1.29 is 24.5 Å². The summed E-state index contributed by atoms with van der Waals surface area (Å²) in [6.45, 7) is 0. The van der Waals surface area contributed by atoms with Gasteiger partial charge in [0.1, 0.15) is 0 Å². The zero-order valence-electron chi connectivity index (χ0n) is 7.61. The third kappa shape index (κ3) is 1.93. The smallest absolute Gasteiger partial charge is 0.332 e. The van der Waals surface area contributed by atoms with Crippen molar-refractivity contribution in [2.45, 2.75) is 12.8 Å². The Hall–Kier alpha value is -1.78. The van der Waals surface area contributed by atoms with Gasteiger partial charge in [-0.1, -0.05) is 0 Å². The number of ether oxygens (including phenoxy) is 1. The van der Waals surface area contributed by atoms with E-state index in [1.807, 2.05) is 0 Å². The van der Waals surface area contributed by atoms with Gasteiger partial charge in [-0.25, -0.2) is 9.59 Å². The minimum atomic E-state index is -1.20. The van der Waals surface area contributed by atoms with Crippen LogP contribution in [0.4, 0.5) is 0 Å². The van der Waals surface area contributed by atoms with E-state index in [4.69, 9.17) is 14.9 Å². The number of rotatable bonds is 3. The van der Waals surface area contributed by atoms with E-state index in [1.54, 1.807) is 6.08 Å². The number of carboxylic acid groups (broad SMARTS) is 2.